The number of ether oxygens (including phenoxy) is 1. The van der Waals surface area contributed by atoms with Crippen LogP contribution < -0.4 is 5.32 Å². The first-order valence-corrected chi connectivity index (χ1v) is 5.44. The lowest BCUT2D eigenvalue weighted by Gasteiger charge is -2.02. The zero-order valence-corrected chi connectivity index (χ0v) is 9.98. The van der Waals surface area contributed by atoms with Crippen LogP contribution in [0.15, 0.2) is 23.2 Å². The molecule has 0 aliphatic carbocycles. The van der Waals surface area contributed by atoms with Gasteiger partial charge in [0.15, 0.2) is 5.57 Å². The van der Waals surface area contributed by atoms with Crippen LogP contribution >= 0.6 is 11.3 Å². The average Bonchev–Trinajstić information content (AvgIpc) is 2.75. The highest BCUT2D eigenvalue weighted by atomic mass is 32.1. The van der Waals surface area contributed by atoms with Gasteiger partial charge >= 0.3 is 17.9 Å². The number of anilines is 1. The van der Waals surface area contributed by atoms with Crippen molar-refractivity contribution in [3.63, 3.8) is 0 Å². The van der Waals surface area contributed by atoms with Gasteiger partial charge < -0.3 is 20.3 Å². The summed E-state index contributed by atoms with van der Waals surface area (Å²) in [6.07, 6.45) is 0.808. The van der Waals surface area contributed by atoms with E-state index in [-0.39, 0.29) is 5.56 Å². The molecule has 0 amide bonds. The Balaban J connectivity index is 2.95. The summed E-state index contributed by atoms with van der Waals surface area (Å²) in [5.74, 6) is -3.75. The van der Waals surface area contributed by atoms with Crippen LogP contribution in [0.5, 0.6) is 0 Å². The summed E-state index contributed by atoms with van der Waals surface area (Å²) in [5, 5.41) is 21.6. The van der Waals surface area contributed by atoms with E-state index < -0.39 is 23.5 Å². The van der Waals surface area contributed by atoms with Gasteiger partial charge in [0.1, 0.15) is 5.00 Å². The van der Waals surface area contributed by atoms with Gasteiger partial charge in [0.05, 0.1) is 12.7 Å². The maximum absolute atomic E-state index is 11.3. The monoisotopic (exact) mass is 271 g/mol. The van der Waals surface area contributed by atoms with Crippen molar-refractivity contribution in [2.45, 2.75) is 0 Å². The van der Waals surface area contributed by atoms with Gasteiger partial charge in [-0.05, 0) is 11.4 Å². The van der Waals surface area contributed by atoms with Gasteiger partial charge in [-0.25, -0.2) is 14.4 Å². The average molecular weight is 271 g/mol. The highest BCUT2D eigenvalue weighted by Crippen LogP contribution is 2.24. The Labute approximate surface area is 105 Å². The minimum atomic E-state index is -1.58. The maximum Gasteiger partial charge on any atom is 0.344 e. The molecule has 1 aromatic rings. The lowest BCUT2D eigenvalue weighted by Crippen LogP contribution is -2.13. The predicted molar refractivity (Wildman–Crippen MR) is 62.6 cm³/mol. The van der Waals surface area contributed by atoms with E-state index in [2.05, 4.69) is 10.1 Å². The number of esters is 1. The number of methoxy groups -OCH3 is 1. The molecule has 8 heteroatoms. The number of hydrogen-bond acceptors (Lipinski definition) is 6. The molecule has 0 saturated heterocycles. The van der Waals surface area contributed by atoms with Gasteiger partial charge in [-0.2, -0.15) is 0 Å². The summed E-state index contributed by atoms with van der Waals surface area (Å²) in [6.45, 7) is 0. The van der Waals surface area contributed by atoms with Crippen LogP contribution in [0, 0.1) is 0 Å². The third-order valence-corrected chi connectivity index (χ3v) is 2.72. The Morgan fingerprint density at radius 1 is 1.33 bits per heavy atom. The standard InChI is InChI=1S/C10H9NO6S/c1-17-10(16)5-2-3-18-7(5)11-4-6(8(12)13)9(14)15/h2-4,11H,1H3,(H,12,13)(H,14,15). The Bertz CT molecular complexity index is 502. The number of carbonyl (C=O) groups is 3. The topological polar surface area (TPSA) is 113 Å². The van der Waals surface area contributed by atoms with Crippen molar-refractivity contribution in [1.82, 2.24) is 0 Å². The van der Waals surface area contributed by atoms with Crippen molar-refractivity contribution in [3.8, 4) is 0 Å². The molecule has 1 rings (SSSR count). The van der Waals surface area contributed by atoms with Crippen LogP contribution in [0.25, 0.3) is 0 Å². The lowest BCUT2D eigenvalue weighted by molar-refractivity contribution is -0.140. The summed E-state index contributed by atoms with van der Waals surface area (Å²) >= 11 is 1.12. The van der Waals surface area contributed by atoms with E-state index in [1.807, 2.05) is 0 Å². The Hall–Kier alpha value is -2.35. The van der Waals surface area contributed by atoms with E-state index in [1.54, 1.807) is 5.38 Å². The molecule has 0 aliphatic rings. The molecular formula is C10H9NO6S. The molecule has 0 bridgehead atoms. The largest absolute Gasteiger partial charge is 0.477 e. The fourth-order valence-electron chi connectivity index (χ4n) is 1.04. The molecule has 0 atom stereocenters. The first kappa shape index (κ1) is 13.7. The van der Waals surface area contributed by atoms with Gasteiger partial charge in [-0.1, -0.05) is 0 Å². The quantitative estimate of drug-likeness (QED) is 0.317. The van der Waals surface area contributed by atoms with Gasteiger partial charge in [-0.15, -0.1) is 11.3 Å². The SMILES string of the molecule is COC(=O)c1ccsc1NC=C(C(=O)O)C(=O)O. The molecule has 18 heavy (non-hydrogen) atoms. The zero-order chi connectivity index (χ0) is 13.7. The normalized spacial score (nSPS) is 9.39. The molecule has 0 spiro atoms. The summed E-state index contributed by atoms with van der Waals surface area (Å²) in [7, 11) is 1.21. The van der Waals surface area contributed by atoms with E-state index >= 15 is 0 Å². The second-order valence-corrected chi connectivity index (χ2v) is 3.88. The third kappa shape index (κ3) is 3.08. The van der Waals surface area contributed by atoms with Crippen LogP contribution in [0.2, 0.25) is 0 Å². The van der Waals surface area contributed by atoms with E-state index in [9.17, 15) is 14.4 Å². The summed E-state index contributed by atoms with van der Waals surface area (Å²) in [4.78, 5) is 32.5. The van der Waals surface area contributed by atoms with Gasteiger partial charge in [0.2, 0.25) is 0 Å². The number of carboxylic acid groups (broad SMARTS) is 2. The fraction of sp³-hybridized carbons (Fsp3) is 0.100. The highest BCUT2D eigenvalue weighted by Gasteiger charge is 2.17. The predicted octanol–water partition coefficient (Wildman–Crippen LogP) is 1.000. The van der Waals surface area contributed by atoms with Crippen molar-refractivity contribution in [2.24, 2.45) is 0 Å². The minimum absolute atomic E-state index is 0.203. The van der Waals surface area contributed by atoms with Crippen molar-refractivity contribution in [1.29, 1.82) is 0 Å². The molecule has 1 heterocycles. The van der Waals surface area contributed by atoms with Gasteiger partial charge in [-0.3, -0.25) is 0 Å². The number of hydrogen-bond donors (Lipinski definition) is 3. The minimum Gasteiger partial charge on any atom is -0.477 e. The van der Waals surface area contributed by atoms with Crippen LogP contribution in [0.4, 0.5) is 5.00 Å². The Morgan fingerprint density at radius 2 is 1.94 bits per heavy atom. The van der Waals surface area contributed by atoms with Gasteiger partial charge in [0, 0.05) is 6.20 Å². The number of rotatable bonds is 5. The first-order valence-electron chi connectivity index (χ1n) is 4.56. The molecule has 3 N–H and O–H groups in total. The summed E-state index contributed by atoms with van der Waals surface area (Å²) in [5.41, 5.74) is -0.631. The Kier molecular flexibility index (Phi) is 4.44. The summed E-state index contributed by atoms with van der Waals surface area (Å²) in [6, 6.07) is 1.48. The number of nitrogens with one attached hydrogen (secondary N) is 1. The zero-order valence-electron chi connectivity index (χ0n) is 9.17. The van der Waals surface area contributed by atoms with Crippen LogP contribution in [-0.2, 0) is 14.3 Å². The van der Waals surface area contributed by atoms with E-state index in [4.69, 9.17) is 10.2 Å². The number of aliphatic carboxylic acids is 2. The van der Waals surface area contributed by atoms with Crippen LogP contribution in [0.3, 0.4) is 0 Å². The third-order valence-electron chi connectivity index (χ3n) is 1.88. The van der Waals surface area contributed by atoms with Crippen molar-refractivity contribution in [3.05, 3.63) is 28.8 Å². The van der Waals surface area contributed by atoms with Crippen molar-refractivity contribution < 1.29 is 29.3 Å². The maximum atomic E-state index is 11.3. The Morgan fingerprint density at radius 3 is 2.44 bits per heavy atom. The van der Waals surface area contributed by atoms with E-state index in [1.165, 1.54) is 13.2 Å². The molecular weight excluding hydrogens is 262 g/mol. The molecule has 0 fully saturated rings. The van der Waals surface area contributed by atoms with Crippen LogP contribution in [-0.4, -0.2) is 35.2 Å². The lowest BCUT2D eigenvalue weighted by atomic mass is 10.3. The molecule has 0 saturated carbocycles. The van der Waals surface area contributed by atoms with Gasteiger partial charge in [0.25, 0.3) is 0 Å². The molecule has 0 aliphatic heterocycles. The van der Waals surface area contributed by atoms with Crippen molar-refractivity contribution in [2.75, 3.05) is 12.4 Å². The second-order valence-electron chi connectivity index (χ2n) is 2.97. The first-order chi connectivity index (χ1) is 8.47. The van der Waals surface area contributed by atoms with Crippen molar-refractivity contribution >= 4 is 34.2 Å². The van der Waals surface area contributed by atoms with E-state index in [0.717, 1.165) is 17.5 Å². The number of carbonyl (C=O) groups excluding carboxylic acids is 1. The highest BCUT2D eigenvalue weighted by molar-refractivity contribution is 7.14. The summed E-state index contributed by atoms with van der Waals surface area (Å²) < 4.78 is 4.51. The van der Waals surface area contributed by atoms with Crippen LogP contribution in [0.1, 0.15) is 10.4 Å². The molecule has 0 radical (unpaired) electrons. The number of thiophene rings is 1. The molecule has 1 aromatic heterocycles. The van der Waals surface area contributed by atoms with E-state index in [0.29, 0.717) is 5.00 Å². The smallest absolute Gasteiger partial charge is 0.344 e. The molecule has 7 nitrogen and oxygen atoms in total. The molecule has 0 aromatic carbocycles. The number of carboxylic acids is 2. The molecule has 0 unspecified atom stereocenters. The molecule has 96 valence electrons. The fourth-order valence-corrected chi connectivity index (χ4v) is 1.79. The second kappa shape index (κ2) is 5.82.